The Morgan fingerprint density at radius 3 is 2.10 bits per heavy atom. The molecule has 1 aromatic rings. The van der Waals surface area contributed by atoms with Crippen molar-refractivity contribution in [3.8, 4) is 17.2 Å². The van der Waals surface area contributed by atoms with Gasteiger partial charge < -0.3 is 24.4 Å². The van der Waals surface area contributed by atoms with Gasteiger partial charge in [-0.05, 0) is 30.2 Å². The minimum atomic E-state index is -1.79. The zero-order chi connectivity index (χ0) is 23.3. The van der Waals surface area contributed by atoms with Crippen molar-refractivity contribution < 1.29 is 38.8 Å². The summed E-state index contributed by atoms with van der Waals surface area (Å²) in [4.78, 5) is 37.6. The van der Waals surface area contributed by atoms with Crippen molar-refractivity contribution in [3.63, 3.8) is 0 Å². The first-order chi connectivity index (χ1) is 14.7. The van der Waals surface area contributed by atoms with Gasteiger partial charge in [0, 0.05) is 0 Å². The van der Waals surface area contributed by atoms with Gasteiger partial charge in [0.15, 0.2) is 17.4 Å². The van der Waals surface area contributed by atoms with Crippen LogP contribution in [0.25, 0.3) is 6.08 Å². The molecule has 0 aliphatic carbocycles. The van der Waals surface area contributed by atoms with Gasteiger partial charge in [0.2, 0.25) is 5.75 Å². The van der Waals surface area contributed by atoms with Gasteiger partial charge in [0.1, 0.15) is 4.32 Å². The Bertz CT molecular complexity index is 891. The van der Waals surface area contributed by atoms with E-state index in [9.17, 15) is 24.6 Å². The van der Waals surface area contributed by atoms with Crippen LogP contribution in [0.5, 0.6) is 17.2 Å². The third-order valence-corrected chi connectivity index (χ3v) is 5.97. The Hall–Kier alpha value is -2.79. The lowest BCUT2D eigenvalue weighted by Crippen LogP contribution is -2.48. The Kier molecular flexibility index (Phi) is 8.28. The van der Waals surface area contributed by atoms with Crippen molar-refractivity contribution in [2.24, 2.45) is 5.92 Å². The average molecular weight is 470 g/mol. The summed E-state index contributed by atoms with van der Waals surface area (Å²) >= 11 is 6.28. The summed E-state index contributed by atoms with van der Waals surface area (Å²) in [6.45, 7) is 1.77. The standard InChI is InChI=1S/C20H23NO8S2/c1-5-6-11(15(18(23)24)19(25)26)21-17(22)14(31-20(21)30)9-10-7-12(27-2)16(29-4)13(8-10)28-3/h7-9,11,15H,5-6H2,1-4H3,(H,23,24)(H,25,26). The molecule has 31 heavy (non-hydrogen) atoms. The molecule has 0 aromatic heterocycles. The van der Waals surface area contributed by atoms with E-state index in [0.29, 0.717) is 29.2 Å². The average Bonchev–Trinajstić information content (AvgIpc) is 2.98. The number of carbonyl (C=O) groups excluding carboxylic acids is 1. The third kappa shape index (κ3) is 5.10. The lowest BCUT2D eigenvalue weighted by Gasteiger charge is -2.29. The first-order valence-electron chi connectivity index (χ1n) is 9.22. The topological polar surface area (TPSA) is 123 Å². The quantitative estimate of drug-likeness (QED) is 0.300. The summed E-state index contributed by atoms with van der Waals surface area (Å²) in [6.07, 6.45) is 2.21. The number of rotatable bonds is 10. The van der Waals surface area contributed by atoms with Crippen molar-refractivity contribution in [1.82, 2.24) is 4.90 Å². The highest BCUT2D eigenvalue weighted by molar-refractivity contribution is 8.26. The molecule has 1 unspecified atom stereocenters. The smallest absolute Gasteiger partial charge is 0.320 e. The number of hydrogen-bond donors (Lipinski definition) is 2. The number of methoxy groups -OCH3 is 3. The van der Waals surface area contributed by atoms with Crippen LogP contribution < -0.4 is 14.2 Å². The second-order valence-corrected chi connectivity index (χ2v) is 8.20. The van der Waals surface area contributed by atoms with E-state index >= 15 is 0 Å². The van der Waals surface area contributed by atoms with Gasteiger partial charge in [-0.3, -0.25) is 19.3 Å². The molecule has 1 atom stereocenters. The third-order valence-electron chi connectivity index (χ3n) is 4.64. The van der Waals surface area contributed by atoms with Crippen molar-refractivity contribution in [1.29, 1.82) is 0 Å². The molecule has 1 amide bonds. The van der Waals surface area contributed by atoms with Crippen molar-refractivity contribution in [2.75, 3.05) is 21.3 Å². The molecule has 1 fully saturated rings. The number of amides is 1. The highest BCUT2D eigenvalue weighted by Crippen LogP contribution is 2.41. The van der Waals surface area contributed by atoms with Crippen molar-refractivity contribution in [3.05, 3.63) is 22.6 Å². The van der Waals surface area contributed by atoms with E-state index in [1.807, 2.05) is 0 Å². The monoisotopic (exact) mass is 469 g/mol. The second kappa shape index (κ2) is 10.5. The Balaban J connectivity index is 2.48. The van der Waals surface area contributed by atoms with Crippen LogP contribution >= 0.6 is 24.0 Å². The molecule has 1 heterocycles. The number of carboxylic acid groups (broad SMARTS) is 2. The van der Waals surface area contributed by atoms with Gasteiger partial charge in [-0.15, -0.1) is 0 Å². The maximum absolute atomic E-state index is 13.1. The van der Waals surface area contributed by atoms with E-state index in [-0.39, 0.29) is 15.6 Å². The fraction of sp³-hybridized carbons (Fsp3) is 0.400. The molecule has 168 valence electrons. The van der Waals surface area contributed by atoms with Crippen LogP contribution in [0.15, 0.2) is 17.0 Å². The van der Waals surface area contributed by atoms with Gasteiger partial charge in [0.05, 0.1) is 32.3 Å². The van der Waals surface area contributed by atoms with Crippen LogP contribution in [-0.2, 0) is 14.4 Å². The molecule has 1 aliphatic heterocycles. The van der Waals surface area contributed by atoms with Crippen LogP contribution in [-0.4, -0.2) is 64.7 Å². The molecule has 0 saturated carbocycles. The van der Waals surface area contributed by atoms with E-state index in [2.05, 4.69) is 0 Å². The minimum Gasteiger partial charge on any atom is -0.493 e. The zero-order valence-electron chi connectivity index (χ0n) is 17.4. The van der Waals surface area contributed by atoms with Crippen LogP contribution in [0, 0.1) is 5.92 Å². The fourth-order valence-corrected chi connectivity index (χ4v) is 4.65. The Labute approximate surface area is 189 Å². The number of thiocarbonyl (C=S) groups is 1. The van der Waals surface area contributed by atoms with Crippen LogP contribution in [0.2, 0.25) is 0 Å². The number of carboxylic acids is 2. The molecular formula is C20H23NO8S2. The molecule has 0 radical (unpaired) electrons. The molecule has 2 rings (SSSR count). The number of thioether (sulfide) groups is 1. The summed E-state index contributed by atoms with van der Waals surface area (Å²) in [5.41, 5.74) is 0.565. The molecule has 2 N–H and O–H groups in total. The molecule has 1 saturated heterocycles. The predicted octanol–water partition coefficient (Wildman–Crippen LogP) is 2.87. The van der Waals surface area contributed by atoms with Gasteiger partial charge in [-0.2, -0.15) is 0 Å². The van der Waals surface area contributed by atoms with Gasteiger partial charge >= 0.3 is 11.9 Å². The van der Waals surface area contributed by atoms with Crippen molar-refractivity contribution in [2.45, 2.75) is 25.8 Å². The number of ether oxygens (including phenoxy) is 3. The normalized spacial score (nSPS) is 16.0. The Morgan fingerprint density at radius 1 is 1.13 bits per heavy atom. The van der Waals surface area contributed by atoms with Gasteiger partial charge in [-0.25, -0.2) is 0 Å². The maximum atomic E-state index is 13.1. The lowest BCUT2D eigenvalue weighted by molar-refractivity contribution is -0.157. The predicted molar refractivity (Wildman–Crippen MR) is 119 cm³/mol. The van der Waals surface area contributed by atoms with E-state index in [0.717, 1.165) is 16.7 Å². The Morgan fingerprint density at radius 2 is 1.68 bits per heavy atom. The van der Waals surface area contributed by atoms with Crippen LogP contribution in [0.1, 0.15) is 25.3 Å². The van der Waals surface area contributed by atoms with E-state index < -0.39 is 29.8 Å². The molecule has 1 aliphatic rings. The first-order valence-corrected chi connectivity index (χ1v) is 10.4. The number of carbonyl (C=O) groups is 3. The molecule has 9 nitrogen and oxygen atoms in total. The van der Waals surface area contributed by atoms with Crippen molar-refractivity contribution >= 4 is 52.2 Å². The first kappa shape index (κ1) is 24.5. The molecule has 0 bridgehead atoms. The second-order valence-electron chi connectivity index (χ2n) is 6.52. The van der Waals surface area contributed by atoms with Crippen LogP contribution in [0.3, 0.4) is 0 Å². The highest BCUT2D eigenvalue weighted by atomic mass is 32.2. The molecule has 11 heteroatoms. The number of aliphatic carboxylic acids is 2. The van der Waals surface area contributed by atoms with E-state index in [1.165, 1.54) is 21.3 Å². The largest absolute Gasteiger partial charge is 0.493 e. The zero-order valence-corrected chi connectivity index (χ0v) is 19.0. The molecular weight excluding hydrogens is 446 g/mol. The summed E-state index contributed by atoms with van der Waals surface area (Å²) in [6, 6.07) is 2.20. The fourth-order valence-electron chi connectivity index (χ4n) is 3.28. The SMILES string of the molecule is CCCC(C(C(=O)O)C(=O)O)N1C(=O)C(=Cc2cc(OC)c(OC)c(OC)c2)SC1=S. The lowest BCUT2D eigenvalue weighted by atomic mass is 9.94. The van der Waals surface area contributed by atoms with E-state index in [1.54, 1.807) is 25.1 Å². The molecule has 1 aromatic carbocycles. The van der Waals surface area contributed by atoms with Gasteiger partial charge in [-0.1, -0.05) is 37.3 Å². The summed E-state index contributed by atoms with van der Waals surface area (Å²) < 4.78 is 16.0. The number of benzene rings is 1. The number of hydrogen-bond acceptors (Lipinski definition) is 8. The number of nitrogens with zero attached hydrogens (tertiary/aromatic N) is 1. The van der Waals surface area contributed by atoms with E-state index in [4.69, 9.17) is 26.4 Å². The van der Waals surface area contributed by atoms with Gasteiger partial charge in [0.25, 0.3) is 5.91 Å². The minimum absolute atomic E-state index is 0.106. The maximum Gasteiger partial charge on any atom is 0.320 e. The van der Waals surface area contributed by atoms with Crippen LogP contribution in [0.4, 0.5) is 0 Å². The molecule has 0 spiro atoms. The summed E-state index contributed by atoms with van der Waals surface area (Å²) in [5.74, 6) is -4.20. The highest BCUT2D eigenvalue weighted by Gasteiger charge is 2.45. The summed E-state index contributed by atoms with van der Waals surface area (Å²) in [5, 5.41) is 18.8. The summed E-state index contributed by atoms with van der Waals surface area (Å²) in [7, 11) is 4.40.